The molecule has 1 aromatic carbocycles. The molecule has 15 heavy (non-hydrogen) atoms. The Morgan fingerprint density at radius 2 is 2.00 bits per heavy atom. The Morgan fingerprint density at radius 1 is 1.33 bits per heavy atom. The zero-order valence-electron chi connectivity index (χ0n) is 8.72. The Hall–Kier alpha value is -0.541. The number of hydrogen-bond donors (Lipinski definition) is 1. The summed E-state index contributed by atoms with van der Waals surface area (Å²) in [6, 6.07) is 7.69. The van der Waals surface area contributed by atoms with Crippen molar-refractivity contribution in [2.45, 2.75) is 18.0 Å². The summed E-state index contributed by atoms with van der Waals surface area (Å²) < 4.78 is 10.4. The molecule has 0 aliphatic heterocycles. The molecule has 0 aliphatic rings. The van der Waals surface area contributed by atoms with E-state index in [2.05, 4.69) is 16.0 Å². The molecule has 1 rings (SSSR count). The van der Waals surface area contributed by atoms with E-state index in [0.717, 1.165) is 11.3 Å². The van der Waals surface area contributed by atoms with Crippen LogP contribution < -0.4 is 4.74 Å². The van der Waals surface area contributed by atoms with E-state index in [1.165, 1.54) is 0 Å². The molecule has 1 aromatic rings. The van der Waals surface area contributed by atoms with E-state index in [9.17, 15) is 5.11 Å². The van der Waals surface area contributed by atoms with Crippen LogP contribution in [0.4, 0.5) is 0 Å². The number of methoxy groups -OCH3 is 1. The molecule has 0 fully saturated rings. The van der Waals surface area contributed by atoms with E-state index < -0.39 is 0 Å². The summed E-state index contributed by atoms with van der Waals surface area (Å²) in [6.07, 6.45) is -0.386. The molecule has 1 unspecified atom stereocenters. The van der Waals surface area contributed by atoms with Crippen molar-refractivity contribution in [2.75, 3.05) is 13.7 Å². The summed E-state index contributed by atoms with van der Waals surface area (Å²) in [5, 5.41) is 9.92. The molecule has 0 spiro atoms. The fourth-order valence-electron chi connectivity index (χ4n) is 1.09. The second-order valence-corrected chi connectivity index (χ2v) is 3.97. The molecule has 0 bridgehead atoms. The van der Waals surface area contributed by atoms with E-state index in [0.29, 0.717) is 18.5 Å². The molecule has 3 nitrogen and oxygen atoms in total. The summed E-state index contributed by atoms with van der Waals surface area (Å²) in [4.78, 5) is 0. The maximum absolute atomic E-state index is 9.26. The zero-order chi connectivity index (χ0) is 11.1. The van der Waals surface area contributed by atoms with Crippen molar-refractivity contribution in [1.29, 1.82) is 0 Å². The molecular formula is C11H16O3Se. The van der Waals surface area contributed by atoms with Crippen molar-refractivity contribution < 1.29 is 14.6 Å². The number of aliphatic hydroxyl groups is 1. The van der Waals surface area contributed by atoms with Crippen LogP contribution in [0, 0.1) is 0 Å². The predicted octanol–water partition coefficient (Wildman–Crippen LogP) is 0.892. The molecule has 0 heterocycles. The van der Waals surface area contributed by atoms with Gasteiger partial charge in [-0.25, -0.2) is 0 Å². The average molecular weight is 275 g/mol. The number of aliphatic hydroxyl groups excluding tert-OH is 1. The number of benzene rings is 1. The fourth-order valence-corrected chi connectivity index (χ4v) is 1.31. The summed E-state index contributed by atoms with van der Waals surface area (Å²) in [5.74, 6) is 0.838. The third-order valence-electron chi connectivity index (χ3n) is 1.95. The summed E-state index contributed by atoms with van der Waals surface area (Å²) in [6.45, 7) is 0.898. The molecule has 0 aromatic heterocycles. The Balaban J connectivity index is 2.31. The average Bonchev–Trinajstić information content (AvgIpc) is 2.29. The normalized spacial score (nSPS) is 12.5. The molecule has 0 radical (unpaired) electrons. The standard InChI is InChI=1S/C11H16O3Se/c1-13-11-4-2-9(3-5-11)6-14-7-10(12)8-15/h2-5,10,12,15H,6-8H2,1H3. The van der Waals surface area contributed by atoms with Gasteiger partial charge >= 0.3 is 97.9 Å². The fraction of sp³-hybridized carbons (Fsp3) is 0.455. The van der Waals surface area contributed by atoms with Gasteiger partial charge in [-0.2, -0.15) is 0 Å². The van der Waals surface area contributed by atoms with Crippen LogP contribution >= 0.6 is 0 Å². The van der Waals surface area contributed by atoms with Gasteiger partial charge in [-0.15, -0.1) is 0 Å². The zero-order valence-corrected chi connectivity index (χ0v) is 10.6. The van der Waals surface area contributed by atoms with Crippen molar-refractivity contribution in [2.24, 2.45) is 0 Å². The van der Waals surface area contributed by atoms with Crippen molar-refractivity contribution >= 4 is 16.0 Å². The first-order valence-corrected chi connectivity index (χ1v) is 6.08. The molecule has 1 atom stereocenters. The van der Waals surface area contributed by atoms with Crippen LogP contribution in [0.5, 0.6) is 5.75 Å². The minimum atomic E-state index is -0.386. The third kappa shape index (κ3) is 4.67. The van der Waals surface area contributed by atoms with Crippen molar-refractivity contribution in [3.05, 3.63) is 29.8 Å². The Morgan fingerprint density at radius 3 is 2.53 bits per heavy atom. The van der Waals surface area contributed by atoms with Gasteiger partial charge in [0, 0.05) is 0 Å². The van der Waals surface area contributed by atoms with Gasteiger partial charge < -0.3 is 0 Å². The van der Waals surface area contributed by atoms with Gasteiger partial charge in [-0.3, -0.25) is 0 Å². The van der Waals surface area contributed by atoms with Gasteiger partial charge in [0.05, 0.1) is 0 Å². The second kappa shape index (κ2) is 6.85. The molecule has 0 amide bonds. The monoisotopic (exact) mass is 276 g/mol. The van der Waals surface area contributed by atoms with Crippen LogP contribution in [-0.4, -0.2) is 40.9 Å². The van der Waals surface area contributed by atoms with Gasteiger partial charge in [-0.1, -0.05) is 0 Å². The molecule has 0 saturated heterocycles. The Labute approximate surface area is 98.2 Å². The third-order valence-corrected chi connectivity index (χ3v) is 2.83. The Kier molecular flexibility index (Phi) is 5.73. The quantitative estimate of drug-likeness (QED) is 0.784. The topological polar surface area (TPSA) is 38.7 Å². The maximum atomic E-state index is 9.26. The second-order valence-electron chi connectivity index (χ2n) is 3.20. The summed E-state index contributed by atoms with van der Waals surface area (Å²) >= 11 is 2.35. The molecule has 4 heteroatoms. The van der Waals surface area contributed by atoms with E-state index in [1.54, 1.807) is 7.11 Å². The molecule has 0 saturated carbocycles. The van der Waals surface area contributed by atoms with Crippen molar-refractivity contribution in [3.63, 3.8) is 0 Å². The summed E-state index contributed by atoms with van der Waals surface area (Å²) in [7, 11) is 1.64. The van der Waals surface area contributed by atoms with Gasteiger partial charge in [0.15, 0.2) is 0 Å². The number of rotatable bonds is 6. The number of hydrogen-bond acceptors (Lipinski definition) is 3. The van der Waals surface area contributed by atoms with Crippen LogP contribution in [0.3, 0.4) is 0 Å². The molecule has 1 N–H and O–H groups in total. The van der Waals surface area contributed by atoms with Gasteiger partial charge in [0.25, 0.3) is 0 Å². The van der Waals surface area contributed by atoms with Gasteiger partial charge in [0.1, 0.15) is 0 Å². The van der Waals surface area contributed by atoms with Gasteiger partial charge in [-0.05, 0) is 0 Å². The number of ether oxygens (including phenoxy) is 2. The van der Waals surface area contributed by atoms with E-state index >= 15 is 0 Å². The SMILES string of the molecule is COc1ccc(COCC(O)C[SeH])cc1. The summed E-state index contributed by atoms with van der Waals surface area (Å²) in [5.41, 5.74) is 1.08. The van der Waals surface area contributed by atoms with E-state index in [4.69, 9.17) is 9.47 Å². The van der Waals surface area contributed by atoms with Crippen LogP contribution in [0.25, 0.3) is 0 Å². The molecule has 84 valence electrons. The van der Waals surface area contributed by atoms with Gasteiger partial charge in [0.2, 0.25) is 0 Å². The first-order chi connectivity index (χ1) is 7.26. The predicted molar refractivity (Wildman–Crippen MR) is 60.6 cm³/mol. The Bertz CT molecular complexity index is 274. The molecular weight excluding hydrogens is 259 g/mol. The van der Waals surface area contributed by atoms with Crippen molar-refractivity contribution in [1.82, 2.24) is 0 Å². The van der Waals surface area contributed by atoms with Crippen LogP contribution in [0.1, 0.15) is 5.56 Å². The van der Waals surface area contributed by atoms with Crippen LogP contribution in [-0.2, 0) is 11.3 Å². The first-order valence-electron chi connectivity index (χ1n) is 4.76. The minimum absolute atomic E-state index is 0.376. The van der Waals surface area contributed by atoms with E-state index in [1.807, 2.05) is 24.3 Å². The van der Waals surface area contributed by atoms with Crippen molar-refractivity contribution in [3.8, 4) is 5.75 Å². The van der Waals surface area contributed by atoms with Crippen LogP contribution in [0.2, 0.25) is 5.32 Å². The van der Waals surface area contributed by atoms with Crippen LogP contribution in [0.15, 0.2) is 24.3 Å². The first kappa shape index (κ1) is 12.5. The molecule has 0 aliphatic carbocycles. The van der Waals surface area contributed by atoms with E-state index in [-0.39, 0.29) is 6.10 Å².